The summed E-state index contributed by atoms with van der Waals surface area (Å²) in [4.78, 5) is 27.8. The van der Waals surface area contributed by atoms with E-state index in [1.54, 1.807) is 36.1 Å². The van der Waals surface area contributed by atoms with Crippen molar-refractivity contribution < 1.29 is 18.1 Å². The third kappa shape index (κ3) is 5.50. The number of nitro benzene ring substituents is 1. The van der Waals surface area contributed by atoms with Gasteiger partial charge in [0, 0.05) is 44.4 Å². The minimum Gasteiger partial charge on any atom is -0.362 e. The van der Waals surface area contributed by atoms with Crippen LogP contribution in [0.3, 0.4) is 0 Å². The van der Waals surface area contributed by atoms with Crippen LogP contribution in [0.15, 0.2) is 77.7 Å². The van der Waals surface area contributed by atoms with Crippen molar-refractivity contribution in [1.82, 2.24) is 9.62 Å². The zero-order valence-corrected chi connectivity index (χ0v) is 20.1. The first kappa shape index (κ1) is 24.4. The molecule has 0 spiro atoms. The molecule has 1 amide bonds. The molecule has 0 unspecified atom stereocenters. The summed E-state index contributed by atoms with van der Waals surface area (Å²) in [5.74, 6) is -0.259. The first-order valence-corrected chi connectivity index (χ1v) is 12.7. The molecule has 1 saturated heterocycles. The number of rotatable bonds is 7. The molecular formula is C25H26N4O5S. The summed E-state index contributed by atoms with van der Waals surface area (Å²) in [5, 5.41) is 11.4. The predicted octanol–water partition coefficient (Wildman–Crippen LogP) is 3.34. The molecule has 3 aromatic carbocycles. The highest BCUT2D eigenvalue weighted by Gasteiger charge is 2.27. The van der Waals surface area contributed by atoms with Crippen molar-refractivity contribution in [3.05, 3.63) is 99.6 Å². The van der Waals surface area contributed by atoms with Gasteiger partial charge in [-0.1, -0.05) is 48.5 Å². The van der Waals surface area contributed by atoms with Crippen LogP contribution in [0.1, 0.15) is 21.5 Å². The minimum atomic E-state index is -3.81. The van der Waals surface area contributed by atoms with Crippen LogP contribution in [0, 0.1) is 17.0 Å². The number of amides is 1. The molecular weight excluding hydrogens is 468 g/mol. The Balaban J connectivity index is 1.47. The number of hydrogen-bond acceptors (Lipinski definition) is 6. The number of nitrogens with one attached hydrogen (secondary N) is 1. The molecule has 35 heavy (non-hydrogen) atoms. The van der Waals surface area contributed by atoms with Gasteiger partial charge < -0.3 is 9.80 Å². The van der Waals surface area contributed by atoms with Gasteiger partial charge in [-0.2, -0.15) is 0 Å². The van der Waals surface area contributed by atoms with Crippen molar-refractivity contribution in [2.24, 2.45) is 0 Å². The molecule has 1 heterocycles. The molecule has 1 aliphatic rings. The van der Waals surface area contributed by atoms with Crippen molar-refractivity contribution in [1.29, 1.82) is 0 Å². The Morgan fingerprint density at radius 2 is 1.63 bits per heavy atom. The molecule has 9 nitrogen and oxygen atoms in total. The van der Waals surface area contributed by atoms with Gasteiger partial charge in [0.2, 0.25) is 10.0 Å². The normalized spacial score (nSPS) is 14.1. The third-order valence-electron chi connectivity index (χ3n) is 6.04. The Morgan fingerprint density at radius 3 is 2.31 bits per heavy atom. The molecule has 1 fully saturated rings. The Hall–Kier alpha value is -3.76. The molecule has 0 saturated carbocycles. The van der Waals surface area contributed by atoms with Crippen molar-refractivity contribution in [2.45, 2.75) is 18.4 Å². The Morgan fingerprint density at radius 1 is 0.971 bits per heavy atom. The summed E-state index contributed by atoms with van der Waals surface area (Å²) in [7, 11) is -3.81. The van der Waals surface area contributed by atoms with Crippen molar-refractivity contribution >= 4 is 27.3 Å². The second-order valence-corrected chi connectivity index (χ2v) is 10.1. The number of para-hydroxylation sites is 2. The molecule has 0 bridgehead atoms. The number of anilines is 1. The van der Waals surface area contributed by atoms with Crippen LogP contribution in [-0.2, 0) is 16.6 Å². The van der Waals surface area contributed by atoms with Crippen LogP contribution in [0.25, 0.3) is 0 Å². The summed E-state index contributed by atoms with van der Waals surface area (Å²) in [6.45, 7) is 3.53. The number of benzene rings is 3. The van der Waals surface area contributed by atoms with Gasteiger partial charge in [-0.25, -0.2) is 13.1 Å². The Kier molecular flexibility index (Phi) is 7.13. The Labute approximate surface area is 204 Å². The highest BCUT2D eigenvalue weighted by molar-refractivity contribution is 7.89. The fourth-order valence-electron chi connectivity index (χ4n) is 4.06. The topological polar surface area (TPSA) is 113 Å². The molecule has 10 heteroatoms. The number of hydrogen-bond donors (Lipinski definition) is 1. The van der Waals surface area contributed by atoms with E-state index < -0.39 is 14.9 Å². The second-order valence-electron chi connectivity index (χ2n) is 8.31. The average molecular weight is 495 g/mol. The first-order valence-electron chi connectivity index (χ1n) is 11.2. The molecule has 1 N–H and O–H groups in total. The summed E-state index contributed by atoms with van der Waals surface area (Å²) < 4.78 is 28.3. The van der Waals surface area contributed by atoms with Gasteiger partial charge in [0.1, 0.15) is 5.69 Å². The van der Waals surface area contributed by atoms with E-state index in [4.69, 9.17) is 0 Å². The van der Waals surface area contributed by atoms with E-state index >= 15 is 0 Å². The zero-order valence-electron chi connectivity index (χ0n) is 19.3. The predicted molar refractivity (Wildman–Crippen MR) is 133 cm³/mol. The van der Waals surface area contributed by atoms with Gasteiger partial charge in [0.05, 0.1) is 9.82 Å². The molecule has 182 valence electrons. The van der Waals surface area contributed by atoms with Crippen LogP contribution >= 0.6 is 0 Å². The maximum Gasteiger partial charge on any atom is 0.292 e. The standard InChI is InChI=1S/C25H26N4O5S/c1-19-11-12-21(35(33,34)26-18-20-7-3-2-4-8-20)17-22(19)25(30)28-15-13-27(14-16-28)23-9-5-6-10-24(23)29(31)32/h2-12,17,26H,13-16,18H2,1H3. The Bertz CT molecular complexity index is 1340. The average Bonchev–Trinajstić information content (AvgIpc) is 2.88. The molecule has 0 atom stereocenters. The van der Waals surface area contributed by atoms with Gasteiger partial charge in [0.25, 0.3) is 11.6 Å². The lowest BCUT2D eigenvalue weighted by molar-refractivity contribution is -0.384. The number of aryl methyl sites for hydroxylation is 1. The largest absolute Gasteiger partial charge is 0.362 e. The van der Waals surface area contributed by atoms with Crippen LogP contribution in [0.2, 0.25) is 0 Å². The third-order valence-corrected chi connectivity index (χ3v) is 7.44. The molecule has 0 radical (unpaired) electrons. The quantitative estimate of drug-likeness (QED) is 0.398. The molecule has 0 aliphatic carbocycles. The molecule has 3 aromatic rings. The van der Waals surface area contributed by atoms with Crippen molar-refractivity contribution in [2.75, 3.05) is 31.1 Å². The van der Waals surface area contributed by atoms with Crippen molar-refractivity contribution in [3.8, 4) is 0 Å². The maximum absolute atomic E-state index is 13.3. The lowest BCUT2D eigenvalue weighted by Gasteiger charge is -2.36. The fourth-order valence-corrected chi connectivity index (χ4v) is 5.11. The highest BCUT2D eigenvalue weighted by atomic mass is 32.2. The molecule has 1 aliphatic heterocycles. The van der Waals surface area contributed by atoms with E-state index in [2.05, 4.69) is 4.72 Å². The van der Waals surface area contributed by atoms with Crippen LogP contribution in [0.4, 0.5) is 11.4 Å². The SMILES string of the molecule is Cc1ccc(S(=O)(=O)NCc2ccccc2)cc1C(=O)N1CCN(c2ccccc2[N+](=O)[O-])CC1. The lowest BCUT2D eigenvalue weighted by atomic mass is 10.1. The number of nitrogens with zero attached hydrogens (tertiary/aromatic N) is 3. The van der Waals surface area contributed by atoms with E-state index in [9.17, 15) is 23.3 Å². The summed E-state index contributed by atoms with van der Waals surface area (Å²) in [6, 6.07) is 20.3. The van der Waals surface area contributed by atoms with Crippen LogP contribution < -0.4 is 9.62 Å². The molecule has 0 aromatic heterocycles. The highest BCUT2D eigenvalue weighted by Crippen LogP contribution is 2.28. The molecule has 4 rings (SSSR count). The van der Waals surface area contributed by atoms with Crippen LogP contribution in [-0.4, -0.2) is 50.3 Å². The van der Waals surface area contributed by atoms with Gasteiger partial charge >= 0.3 is 0 Å². The summed E-state index contributed by atoms with van der Waals surface area (Å²) >= 11 is 0. The van der Waals surface area contributed by atoms with E-state index in [0.717, 1.165) is 5.56 Å². The van der Waals surface area contributed by atoms with E-state index in [0.29, 0.717) is 43.0 Å². The van der Waals surface area contributed by atoms with Gasteiger partial charge in [-0.15, -0.1) is 0 Å². The minimum absolute atomic E-state index is 0.0286. The summed E-state index contributed by atoms with van der Waals surface area (Å²) in [5.41, 5.74) is 2.39. The smallest absolute Gasteiger partial charge is 0.292 e. The maximum atomic E-state index is 13.3. The lowest BCUT2D eigenvalue weighted by Crippen LogP contribution is -2.49. The van der Waals surface area contributed by atoms with Gasteiger partial charge in [0.15, 0.2) is 0 Å². The van der Waals surface area contributed by atoms with Crippen LogP contribution in [0.5, 0.6) is 0 Å². The number of sulfonamides is 1. The van der Waals surface area contributed by atoms with Gasteiger partial charge in [-0.05, 0) is 36.2 Å². The first-order chi connectivity index (χ1) is 16.8. The number of piperazine rings is 1. The second kappa shape index (κ2) is 10.2. The fraction of sp³-hybridized carbons (Fsp3) is 0.240. The summed E-state index contributed by atoms with van der Waals surface area (Å²) in [6.07, 6.45) is 0. The van der Waals surface area contributed by atoms with Gasteiger partial charge in [-0.3, -0.25) is 14.9 Å². The number of carbonyl (C=O) groups is 1. The number of carbonyl (C=O) groups excluding carboxylic acids is 1. The van der Waals surface area contributed by atoms with E-state index in [1.807, 2.05) is 35.2 Å². The number of nitro groups is 1. The zero-order chi connectivity index (χ0) is 25.0. The van der Waals surface area contributed by atoms with E-state index in [-0.39, 0.29) is 23.0 Å². The van der Waals surface area contributed by atoms with Crippen molar-refractivity contribution in [3.63, 3.8) is 0 Å². The monoisotopic (exact) mass is 494 g/mol. The van der Waals surface area contributed by atoms with E-state index in [1.165, 1.54) is 18.2 Å².